The van der Waals surface area contributed by atoms with E-state index in [1.807, 2.05) is 31.3 Å². The summed E-state index contributed by atoms with van der Waals surface area (Å²) in [6, 6.07) is 8.39. The minimum Gasteiger partial charge on any atom is -0.505 e. The van der Waals surface area contributed by atoms with E-state index in [1.165, 1.54) is 17.8 Å². The van der Waals surface area contributed by atoms with Crippen molar-refractivity contribution < 1.29 is 9.50 Å². The molecule has 0 saturated heterocycles. The molecule has 7 heteroatoms. The maximum Gasteiger partial charge on any atom is 0.194 e. The van der Waals surface area contributed by atoms with Crippen molar-refractivity contribution in [1.82, 2.24) is 14.8 Å². The second kappa shape index (κ2) is 8.76. The van der Waals surface area contributed by atoms with Crippen LogP contribution in [0.3, 0.4) is 0 Å². The zero-order valence-electron chi connectivity index (χ0n) is 13.5. The zero-order chi connectivity index (χ0) is 16.1. The van der Waals surface area contributed by atoms with Gasteiger partial charge in [0.15, 0.2) is 17.5 Å². The van der Waals surface area contributed by atoms with E-state index in [0.717, 1.165) is 11.5 Å². The fourth-order valence-electron chi connectivity index (χ4n) is 2.20. The van der Waals surface area contributed by atoms with Gasteiger partial charge in [0, 0.05) is 39.6 Å². The van der Waals surface area contributed by atoms with Crippen LogP contribution in [0.15, 0.2) is 41.5 Å². The number of guanidine groups is 1. The maximum atomic E-state index is 13.3. The number of aromatic nitrogens is 1. The van der Waals surface area contributed by atoms with Gasteiger partial charge in [-0.3, -0.25) is 4.99 Å². The molecule has 126 valence electrons. The Hall–Kier alpha value is -1.77. The van der Waals surface area contributed by atoms with E-state index in [1.54, 1.807) is 13.1 Å². The van der Waals surface area contributed by atoms with Crippen LogP contribution in [0.2, 0.25) is 0 Å². The van der Waals surface area contributed by atoms with Crippen molar-refractivity contribution in [3.05, 3.63) is 53.6 Å². The summed E-state index contributed by atoms with van der Waals surface area (Å²) < 4.78 is 15.4. The minimum atomic E-state index is -0.619. The van der Waals surface area contributed by atoms with Crippen molar-refractivity contribution >= 4 is 29.9 Å². The molecular formula is C16H22FIN4O. The van der Waals surface area contributed by atoms with Crippen molar-refractivity contribution in [3.8, 4) is 5.75 Å². The van der Waals surface area contributed by atoms with Gasteiger partial charge in [-0.05, 0) is 29.8 Å². The van der Waals surface area contributed by atoms with Gasteiger partial charge in [0.2, 0.25) is 0 Å². The number of nitrogens with zero attached hydrogens (tertiary/aromatic N) is 3. The summed E-state index contributed by atoms with van der Waals surface area (Å²) in [5, 5.41) is 12.4. The van der Waals surface area contributed by atoms with Gasteiger partial charge >= 0.3 is 0 Å². The molecule has 2 N–H and O–H groups in total. The molecular weight excluding hydrogens is 410 g/mol. The monoisotopic (exact) mass is 432 g/mol. The third-order valence-electron chi connectivity index (χ3n) is 3.49. The molecule has 1 heterocycles. The summed E-state index contributed by atoms with van der Waals surface area (Å²) in [4.78, 5) is 6.22. The molecule has 0 aliphatic rings. The van der Waals surface area contributed by atoms with Gasteiger partial charge in [0.25, 0.3) is 0 Å². The maximum absolute atomic E-state index is 13.3. The molecule has 0 amide bonds. The van der Waals surface area contributed by atoms with Crippen molar-refractivity contribution in [1.29, 1.82) is 0 Å². The Bertz CT molecular complexity index is 672. The molecule has 2 rings (SSSR count). The highest BCUT2D eigenvalue weighted by Gasteiger charge is 2.09. The Kier molecular flexibility index (Phi) is 7.34. The van der Waals surface area contributed by atoms with Gasteiger partial charge < -0.3 is 19.9 Å². The topological polar surface area (TPSA) is 52.8 Å². The van der Waals surface area contributed by atoms with Gasteiger partial charge in [-0.1, -0.05) is 6.07 Å². The molecule has 1 aromatic heterocycles. The number of benzene rings is 1. The van der Waals surface area contributed by atoms with Crippen LogP contribution in [0, 0.1) is 5.82 Å². The standard InChI is InChI=1S/C16H21FN4O.HI/c1-18-16(21(3)11-13-5-4-8-20(13)2)19-10-12-6-7-15(22)14(17)9-12;/h4-9,22H,10-11H2,1-3H3,(H,18,19);1H. The average Bonchev–Trinajstić information content (AvgIpc) is 2.88. The van der Waals surface area contributed by atoms with Crippen molar-refractivity contribution in [2.24, 2.45) is 12.0 Å². The summed E-state index contributed by atoms with van der Waals surface area (Å²) in [5.74, 6) is -0.241. The Morgan fingerprint density at radius 1 is 1.39 bits per heavy atom. The quantitative estimate of drug-likeness (QED) is 0.444. The summed E-state index contributed by atoms with van der Waals surface area (Å²) >= 11 is 0. The van der Waals surface area contributed by atoms with Crippen molar-refractivity contribution in [2.75, 3.05) is 14.1 Å². The van der Waals surface area contributed by atoms with Crippen molar-refractivity contribution in [2.45, 2.75) is 13.1 Å². The number of phenolic OH excluding ortho intramolecular Hbond substituents is 1. The summed E-state index contributed by atoms with van der Waals surface area (Å²) in [6.07, 6.45) is 2.00. The van der Waals surface area contributed by atoms with Crippen LogP contribution < -0.4 is 5.32 Å². The van der Waals surface area contributed by atoms with E-state index >= 15 is 0 Å². The van der Waals surface area contributed by atoms with Crippen LogP contribution >= 0.6 is 24.0 Å². The Labute approximate surface area is 152 Å². The highest BCUT2D eigenvalue weighted by Crippen LogP contribution is 2.16. The first kappa shape index (κ1) is 19.3. The van der Waals surface area contributed by atoms with Crippen LogP contribution in [-0.4, -0.2) is 34.6 Å². The molecule has 0 unspecified atom stereocenters. The van der Waals surface area contributed by atoms with Gasteiger partial charge in [0.1, 0.15) is 0 Å². The van der Waals surface area contributed by atoms with E-state index < -0.39 is 5.82 Å². The molecule has 0 radical (unpaired) electrons. The summed E-state index contributed by atoms with van der Waals surface area (Å²) in [6.45, 7) is 1.15. The fourth-order valence-corrected chi connectivity index (χ4v) is 2.20. The molecule has 2 aromatic rings. The fraction of sp³-hybridized carbons (Fsp3) is 0.312. The molecule has 1 aromatic carbocycles. The largest absolute Gasteiger partial charge is 0.505 e. The van der Waals surface area contributed by atoms with Crippen LogP contribution in [-0.2, 0) is 20.1 Å². The highest BCUT2D eigenvalue weighted by atomic mass is 127. The number of aromatic hydroxyl groups is 1. The van der Waals surface area contributed by atoms with Crippen LogP contribution in [0.5, 0.6) is 5.75 Å². The smallest absolute Gasteiger partial charge is 0.194 e. The number of aryl methyl sites for hydroxylation is 1. The predicted octanol–water partition coefficient (Wildman–Crippen LogP) is 2.70. The highest BCUT2D eigenvalue weighted by molar-refractivity contribution is 14.0. The molecule has 0 atom stereocenters. The molecule has 0 spiro atoms. The van der Waals surface area contributed by atoms with E-state index in [9.17, 15) is 9.50 Å². The Morgan fingerprint density at radius 3 is 2.70 bits per heavy atom. The normalized spacial score (nSPS) is 11.0. The molecule has 0 aliphatic carbocycles. The molecule has 5 nitrogen and oxygen atoms in total. The lowest BCUT2D eigenvalue weighted by Gasteiger charge is -2.22. The van der Waals surface area contributed by atoms with E-state index in [2.05, 4.69) is 20.9 Å². The van der Waals surface area contributed by atoms with E-state index in [4.69, 9.17) is 0 Å². The third-order valence-corrected chi connectivity index (χ3v) is 3.49. The molecule has 23 heavy (non-hydrogen) atoms. The molecule has 0 saturated carbocycles. The van der Waals surface area contributed by atoms with Gasteiger partial charge in [-0.15, -0.1) is 24.0 Å². The predicted molar refractivity (Wildman–Crippen MR) is 101 cm³/mol. The molecule has 0 bridgehead atoms. The number of halogens is 2. The van der Waals surface area contributed by atoms with Crippen LogP contribution in [0.4, 0.5) is 4.39 Å². The lowest BCUT2D eigenvalue weighted by atomic mass is 10.2. The van der Waals surface area contributed by atoms with Gasteiger partial charge in [0.05, 0.1) is 6.54 Å². The summed E-state index contributed by atoms with van der Waals surface area (Å²) in [7, 11) is 5.65. The first-order valence-electron chi connectivity index (χ1n) is 7.00. The Morgan fingerprint density at radius 2 is 2.13 bits per heavy atom. The molecule has 0 fully saturated rings. The lowest BCUT2D eigenvalue weighted by molar-refractivity contribution is 0.431. The second-order valence-corrected chi connectivity index (χ2v) is 5.15. The first-order chi connectivity index (χ1) is 10.5. The van der Waals surface area contributed by atoms with Crippen molar-refractivity contribution in [3.63, 3.8) is 0 Å². The number of hydrogen-bond donors (Lipinski definition) is 2. The lowest BCUT2D eigenvalue weighted by Crippen LogP contribution is -2.38. The van der Waals surface area contributed by atoms with E-state index in [-0.39, 0.29) is 29.7 Å². The van der Waals surface area contributed by atoms with Crippen LogP contribution in [0.1, 0.15) is 11.3 Å². The number of nitrogens with one attached hydrogen (secondary N) is 1. The SMILES string of the molecule is CN=C(NCc1ccc(O)c(F)c1)N(C)Cc1cccn1C.I. The number of phenols is 1. The second-order valence-electron chi connectivity index (χ2n) is 5.15. The third kappa shape index (κ3) is 5.12. The van der Waals surface area contributed by atoms with E-state index in [0.29, 0.717) is 13.1 Å². The van der Waals surface area contributed by atoms with Gasteiger partial charge in [-0.2, -0.15) is 0 Å². The zero-order valence-corrected chi connectivity index (χ0v) is 15.8. The van der Waals surface area contributed by atoms with Gasteiger partial charge in [-0.25, -0.2) is 4.39 Å². The summed E-state index contributed by atoms with van der Waals surface area (Å²) in [5.41, 5.74) is 1.91. The first-order valence-corrected chi connectivity index (χ1v) is 7.00. The average molecular weight is 432 g/mol. The minimum absolute atomic E-state index is 0. The number of aliphatic imine (C=N–C) groups is 1. The Balaban J connectivity index is 0.00000264. The number of hydrogen-bond acceptors (Lipinski definition) is 2. The number of rotatable bonds is 4. The molecule has 0 aliphatic heterocycles. The van der Waals surface area contributed by atoms with Crippen LogP contribution in [0.25, 0.3) is 0 Å².